The Labute approximate surface area is 143 Å². The predicted molar refractivity (Wildman–Crippen MR) is 90.7 cm³/mol. The summed E-state index contributed by atoms with van der Waals surface area (Å²) in [5.41, 5.74) is 2.18. The number of nitriles is 1. The van der Waals surface area contributed by atoms with Gasteiger partial charge in [-0.25, -0.2) is 8.78 Å². The van der Waals surface area contributed by atoms with Crippen LogP contribution in [0, 0.1) is 23.0 Å². The van der Waals surface area contributed by atoms with Crippen LogP contribution in [0.1, 0.15) is 11.1 Å². The second-order valence-corrected chi connectivity index (χ2v) is 5.41. The molecule has 0 amide bonds. The average molecular weight is 336 g/mol. The lowest BCUT2D eigenvalue weighted by molar-refractivity contribution is 0.624. The molecule has 3 rings (SSSR count). The Balaban J connectivity index is 1.62. The minimum Gasteiger partial charge on any atom is -0.368 e. The highest BCUT2D eigenvalue weighted by atomic mass is 19.1. The SMILES string of the molecule is N#Cc1cc(-c2ccc(NCCc3ccc(F)cc3)nn2)ccc1F. The van der Waals surface area contributed by atoms with Crippen LogP contribution < -0.4 is 5.32 Å². The Bertz CT molecular complexity index is 900. The number of nitrogens with one attached hydrogen (secondary N) is 1. The van der Waals surface area contributed by atoms with Gasteiger partial charge in [-0.15, -0.1) is 10.2 Å². The standard InChI is InChI=1S/C19H14F2N4/c20-16-4-1-13(2-5-16)9-10-23-19-8-7-18(24-25-19)14-3-6-17(21)15(11-14)12-22/h1-8,11H,9-10H2,(H,23,25). The van der Waals surface area contributed by atoms with Gasteiger partial charge in [0.1, 0.15) is 23.5 Å². The molecule has 0 atom stereocenters. The molecule has 1 heterocycles. The molecule has 0 saturated carbocycles. The van der Waals surface area contributed by atoms with Gasteiger partial charge in [-0.3, -0.25) is 0 Å². The fourth-order valence-electron chi connectivity index (χ4n) is 2.34. The van der Waals surface area contributed by atoms with Crippen LogP contribution in [0.15, 0.2) is 54.6 Å². The van der Waals surface area contributed by atoms with E-state index in [2.05, 4.69) is 15.5 Å². The van der Waals surface area contributed by atoms with E-state index in [-0.39, 0.29) is 11.4 Å². The van der Waals surface area contributed by atoms with E-state index in [0.717, 1.165) is 12.0 Å². The summed E-state index contributed by atoms with van der Waals surface area (Å²) in [5, 5.41) is 20.2. The number of halogens is 2. The van der Waals surface area contributed by atoms with E-state index in [1.54, 1.807) is 36.4 Å². The first-order chi connectivity index (χ1) is 12.2. The van der Waals surface area contributed by atoms with Crippen molar-refractivity contribution in [3.63, 3.8) is 0 Å². The maximum absolute atomic E-state index is 13.4. The molecule has 25 heavy (non-hydrogen) atoms. The van der Waals surface area contributed by atoms with Gasteiger partial charge in [-0.05, 0) is 54.4 Å². The molecule has 0 spiro atoms. The maximum Gasteiger partial charge on any atom is 0.148 e. The quantitative estimate of drug-likeness (QED) is 0.766. The zero-order valence-corrected chi connectivity index (χ0v) is 13.2. The lowest BCUT2D eigenvalue weighted by atomic mass is 10.1. The number of hydrogen-bond acceptors (Lipinski definition) is 4. The molecule has 1 aromatic heterocycles. The lowest BCUT2D eigenvalue weighted by Crippen LogP contribution is -2.07. The Kier molecular flexibility index (Phi) is 4.95. The minimum atomic E-state index is -0.557. The van der Waals surface area contributed by atoms with Crippen LogP contribution in [0.25, 0.3) is 11.3 Å². The van der Waals surface area contributed by atoms with Gasteiger partial charge in [0.05, 0.1) is 11.3 Å². The molecule has 0 fully saturated rings. The van der Waals surface area contributed by atoms with Gasteiger partial charge < -0.3 is 5.32 Å². The summed E-state index contributed by atoms with van der Waals surface area (Å²) in [6.07, 6.45) is 0.729. The number of hydrogen-bond donors (Lipinski definition) is 1. The minimum absolute atomic E-state index is 0.0270. The summed E-state index contributed by atoms with van der Waals surface area (Å²) < 4.78 is 26.2. The molecule has 2 aromatic carbocycles. The summed E-state index contributed by atoms with van der Waals surface area (Å²) in [6.45, 7) is 0.634. The summed E-state index contributed by atoms with van der Waals surface area (Å²) in [5.74, 6) is -0.203. The van der Waals surface area contributed by atoms with E-state index >= 15 is 0 Å². The first-order valence-electron chi connectivity index (χ1n) is 7.68. The van der Waals surface area contributed by atoms with Gasteiger partial charge in [0.25, 0.3) is 0 Å². The van der Waals surface area contributed by atoms with Crippen molar-refractivity contribution in [2.45, 2.75) is 6.42 Å². The molecule has 0 unspecified atom stereocenters. The zero-order valence-electron chi connectivity index (χ0n) is 13.2. The van der Waals surface area contributed by atoms with E-state index in [9.17, 15) is 8.78 Å². The van der Waals surface area contributed by atoms with Gasteiger partial charge in [-0.2, -0.15) is 5.26 Å². The molecule has 3 aromatic rings. The highest BCUT2D eigenvalue weighted by molar-refractivity contribution is 5.62. The molecule has 0 aliphatic carbocycles. The van der Waals surface area contributed by atoms with E-state index in [1.165, 1.54) is 24.3 Å². The van der Waals surface area contributed by atoms with Gasteiger partial charge in [0, 0.05) is 12.1 Å². The molecule has 0 saturated heterocycles. The molecule has 0 radical (unpaired) electrons. The summed E-state index contributed by atoms with van der Waals surface area (Å²) >= 11 is 0. The normalized spacial score (nSPS) is 10.3. The average Bonchev–Trinajstić information content (AvgIpc) is 2.64. The fourth-order valence-corrected chi connectivity index (χ4v) is 2.34. The summed E-state index contributed by atoms with van der Waals surface area (Å²) in [6, 6.07) is 15.9. The van der Waals surface area contributed by atoms with E-state index in [0.29, 0.717) is 23.6 Å². The van der Waals surface area contributed by atoms with Gasteiger partial charge in [0.15, 0.2) is 0 Å². The van der Waals surface area contributed by atoms with Crippen molar-refractivity contribution in [1.82, 2.24) is 10.2 Å². The van der Waals surface area contributed by atoms with Crippen molar-refractivity contribution in [2.24, 2.45) is 0 Å². The van der Waals surface area contributed by atoms with Crippen molar-refractivity contribution in [1.29, 1.82) is 5.26 Å². The highest BCUT2D eigenvalue weighted by Crippen LogP contribution is 2.20. The monoisotopic (exact) mass is 336 g/mol. The first kappa shape index (κ1) is 16.5. The van der Waals surface area contributed by atoms with Crippen LogP contribution in [0.2, 0.25) is 0 Å². The molecular formula is C19H14F2N4. The van der Waals surface area contributed by atoms with E-state index in [1.807, 2.05) is 0 Å². The van der Waals surface area contributed by atoms with Gasteiger partial charge in [0.2, 0.25) is 0 Å². The molecule has 0 aliphatic heterocycles. The van der Waals surface area contributed by atoms with Crippen molar-refractivity contribution < 1.29 is 8.78 Å². The molecule has 0 aliphatic rings. The summed E-state index contributed by atoms with van der Waals surface area (Å²) in [4.78, 5) is 0. The van der Waals surface area contributed by atoms with Crippen molar-refractivity contribution in [2.75, 3.05) is 11.9 Å². The third-order valence-corrected chi connectivity index (χ3v) is 3.68. The Morgan fingerprint density at radius 1 is 0.960 bits per heavy atom. The lowest BCUT2D eigenvalue weighted by Gasteiger charge is -2.06. The van der Waals surface area contributed by atoms with Crippen LogP contribution >= 0.6 is 0 Å². The summed E-state index contributed by atoms with van der Waals surface area (Å²) in [7, 11) is 0. The molecular weight excluding hydrogens is 322 g/mol. The molecule has 0 bridgehead atoms. The van der Waals surface area contributed by atoms with Gasteiger partial charge in [-0.1, -0.05) is 12.1 Å². The van der Waals surface area contributed by atoms with Crippen LogP contribution in [0.3, 0.4) is 0 Å². The molecule has 1 N–H and O–H groups in total. The fraction of sp³-hybridized carbons (Fsp3) is 0.105. The Morgan fingerprint density at radius 3 is 2.44 bits per heavy atom. The van der Waals surface area contributed by atoms with Crippen LogP contribution in [0.5, 0.6) is 0 Å². The maximum atomic E-state index is 13.4. The second-order valence-electron chi connectivity index (χ2n) is 5.41. The molecule has 4 nitrogen and oxygen atoms in total. The van der Waals surface area contributed by atoms with E-state index < -0.39 is 5.82 Å². The number of rotatable bonds is 5. The Morgan fingerprint density at radius 2 is 1.76 bits per heavy atom. The van der Waals surface area contributed by atoms with Crippen LogP contribution in [-0.4, -0.2) is 16.7 Å². The third kappa shape index (κ3) is 4.15. The number of anilines is 1. The third-order valence-electron chi connectivity index (χ3n) is 3.68. The number of nitrogens with zero attached hydrogens (tertiary/aromatic N) is 3. The largest absolute Gasteiger partial charge is 0.368 e. The van der Waals surface area contributed by atoms with Gasteiger partial charge >= 0.3 is 0 Å². The zero-order chi connectivity index (χ0) is 17.6. The number of benzene rings is 2. The topological polar surface area (TPSA) is 61.6 Å². The van der Waals surface area contributed by atoms with Crippen molar-refractivity contribution in [3.05, 3.63) is 77.4 Å². The predicted octanol–water partition coefficient (Wildman–Crippen LogP) is 3.95. The van der Waals surface area contributed by atoms with E-state index in [4.69, 9.17) is 5.26 Å². The van der Waals surface area contributed by atoms with Crippen molar-refractivity contribution >= 4 is 5.82 Å². The number of aromatic nitrogens is 2. The highest BCUT2D eigenvalue weighted by Gasteiger charge is 2.06. The molecule has 124 valence electrons. The van der Waals surface area contributed by atoms with Crippen molar-refractivity contribution in [3.8, 4) is 17.3 Å². The van der Waals surface area contributed by atoms with Crippen LogP contribution in [-0.2, 0) is 6.42 Å². The molecule has 6 heteroatoms. The first-order valence-corrected chi connectivity index (χ1v) is 7.68. The van der Waals surface area contributed by atoms with Crippen LogP contribution in [0.4, 0.5) is 14.6 Å². The second kappa shape index (κ2) is 7.49. The smallest absolute Gasteiger partial charge is 0.148 e. The Hall–Kier alpha value is -3.33.